The van der Waals surface area contributed by atoms with Crippen LogP contribution in [0.1, 0.15) is 36.0 Å². The Hall–Kier alpha value is -3.52. The van der Waals surface area contributed by atoms with Gasteiger partial charge >= 0.3 is 5.97 Å². The van der Waals surface area contributed by atoms with Crippen LogP contribution in [0, 0.1) is 5.41 Å². The predicted octanol–water partition coefficient (Wildman–Crippen LogP) is 0.898. The SMILES string of the molecule is N=C(N)c1ccc(C(CC(=O)ON)(C(=O)CCC(N)=O)c2ccccc2)cc1. The number of hydrogen-bond acceptors (Lipinski definition) is 6. The van der Waals surface area contributed by atoms with Crippen molar-refractivity contribution in [3.05, 3.63) is 71.3 Å². The molecule has 0 aliphatic carbocycles. The Morgan fingerprint density at radius 3 is 1.96 bits per heavy atom. The van der Waals surface area contributed by atoms with Gasteiger partial charge in [0.15, 0.2) is 0 Å². The van der Waals surface area contributed by atoms with Gasteiger partial charge in [-0.3, -0.25) is 19.8 Å². The van der Waals surface area contributed by atoms with Gasteiger partial charge in [-0.05, 0) is 11.1 Å². The summed E-state index contributed by atoms with van der Waals surface area (Å²) in [6.45, 7) is 0. The van der Waals surface area contributed by atoms with Gasteiger partial charge in [-0.15, -0.1) is 0 Å². The number of benzene rings is 2. The molecule has 8 nitrogen and oxygen atoms in total. The molecule has 1 unspecified atom stereocenters. The first kappa shape index (κ1) is 20.8. The smallest absolute Gasteiger partial charge is 0.326 e. The number of ketones is 1. The minimum atomic E-state index is -1.43. The van der Waals surface area contributed by atoms with Crippen molar-refractivity contribution in [2.75, 3.05) is 0 Å². The fraction of sp³-hybridized carbons (Fsp3) is 0.200. The summed E-state index contributed by atoms with van der Waals surface area (Å²) in [4.78, 5) is 41.0. The number of Topliss-reactive ketones (excluding diaryl/α,β-unsaturated/α-hetero) is 1. The van der Waals surface area contributed by atoms with Crippen LogP contribution in [0.5, 0.6) is 0 Å². The molecule has 2 rings (SSSR count). The van der Waals surface area contributed by atoms with Gasteiger partial charge in [-0.1, -0.05) is 54.6 Å². The Morgan fingerprint density at radius 1 is 0.893 bits per heavy atom. The van der Waals surface area contributed by atoms with Crippen molar-refractivity contribution in [1.82, 2.24) is 0 Å². The molecule has 0 saturated heterocycles. The fourth-order valence-corrected chi connectivity index (χ4v) is 3.16. The minimum absolute atomic E-state index is 0.127. The average Bonchev–Trinajstić information content (AvgIpc) is 2.70. The van der Waals surface area contributed by atoms with Crippen LogP contribution >= 0.6 is 0 Å². The highest BCUT2D eigenvalue weighted by molar-refractivity contribution is 5.99. The van der Waals surface area contributed by atoms with Gasteiger partial charge in [0.25, 0.3) is 0 Å². The molecule has 1 atom stereocenters. The summed E-state index contributed by atoms with van der Waals surface area (Å²) in [7, 11) is 0. The standard InChI is InChI=1S/C20H22N4O4/c21-17(26)11-10-16(25)20(12-18(27)28-24,14-4-2-1-3-5-14)15-8-6-13(7-9-15)19(22)23/h1-9H,10-12,24H2,(H2,21,26)(H3,22,23). The van der Waals surface area contributed by atoms with Gasteiger partial charge in [-0.25, -0.2) is 0 Å². The lowest BCUT2D eigenvalue weighted by atomic mass is 9.68. The van der Waals surface area contributed by atoms with Crippen LogP contribution in [0.3, 0.4) is 0 Å². The second kappa shape index (κ2) is 8.92. The quantitative estimate of drug-likeness (QED) is 0.286. The molecule has 2 aromatic carbocycles. The highest BCUT2D eigenvalue weighted by Crippen LogP contribution is 2.38. The highest BCUT2D eigenvalue weighted by Gasteiger charge is 2.43. The predicted molar refractivity (Wildman–Crippen MR) is 103 cm³/mol. The summed E-state index contributed by atoms with van der Waals surface area (Å²) in [5.74, 6) is 3.13. The molecule has 146 valence electrons. The van der Waals surface area contributed by atoms with Crippen LogP contribution in [0.4, 0.5) is 0 Å². The van der Waals surface area contributed by atoms with E-state index in [2.05, 4.69) is 4.84 Å². The zero-order chi connectivity index (χ0) is 20.7. The molecule has 0 aromatic heterocycles. The molecule has 0 aliphatic heterocycles. The van der Waals surface area contributed by atoms with E-state index in [4.69, 9.17) is 22.8 Å². The number of amidine groups is 1. The van der Waals surface area contributed by atoms with Crippen LogP contribution in [-0.2, 0) is 24.6 Å². The summed E-state index contributed by atoms with van der Waals surface area (Å²) >= 11 is 0. The summed E-state index contributed by atoms with van der Waals surface area (Å²) in [5.41, 5.74) is 10.8. The van der Waals surface area contributed by atoms with Crippen LogP contribution in [0.15, 0.2) is 54.6 Å². The van der Waals surface area contributed by atoms with Crippen LogP contribution < -0.4 is 17.4 Å². The first-order chi connectivity index (χ1) is 13.3. The third-order valence-electron chi connectivity index (χ3n) is 4.57. The summed E-state index contributed by atoms with van der Waals surface area (Å²) in [6, 6.07) is 15.1. The largest absolute Gasteiger partial charge is 0.384 e. The summed E-state index contributed by atoms with van der Waals surface area (Å²) in [5, 5.41) is 7.54. The van der Waals surface area contributed by atoms with Gasteiger partial charge in [0.1, 0.15) is 11.6 Å². The lowest BCUT2D eigenvalue weighted by Crippen LogP contribution is -2.41. The van der Waals surface area contributed by atoms with E-state index in [1.807, 2.05) is 0 Å². The van der Waals surface area contributed by atoms with Crippen molar-refractivity contribution >= 4 is 23.5 Å². The van der Waals surface area contributed by atoms with E-state index >= 15 is 0 Å². The van der Waals surface area contributed by atoms with E-state index in [0.29, 0.717) is 16.7 Å². The summed E-state index contributed by atoms with van der Waals surface area (Å²) in [6.07, 6.45) is -0.669. The molecule has 0 spiro atoms. The van der Waals surface area contributed by atoms with E-state index in [-0.39, 0.29) is 30.9 Å². The second-order valence-electron chi connectivity index (χ2n) is 6.32. The van der Waals surface area contributed by atoms with E-state index in [1.54, 1.807) is 54.6 Å². The van der Waals surface area contributed by atoms with E-state index in [1.165, 1.54) is 0 Å². The lowest BCUT2D eigenvalue weighted by Gasteiger charge is -2.33. The molecule has 2 aromatic rings. The van der Waals surface area contributed by atoms with Crippen LogP contribution in [0.2, 0.25) is 0 Å². The topological polar surface area (TPSA) is 162 Å². The molecule has 28 heavy (non-hydrogen) atoms. The Balaban J connectivity index is 2.67. The summed E-state index contributed by atoms with van der Waals surface area (Å²) < 4.78 is 0. The van der Waals surface area contributed by atoms with E-state index in [9.17, 15) is 14.4 Å². The lowest BCUT2D eigenvalue weighted by molar-refractivity contribution is -0.147. The maximum absolute atomic E-state index is 13.3. The highest BCUT2D eigenvalue weighted by atomic mass is 16.7. The Bertz CT molecular complexity index is 881. The minimum Gasteiger partial charge on any atom is -0.384 e. The molecular weight excluding hydrogens is 360 g/mol. The van der Waals surface area contributed by atoms with E-state index in [0.717, 1.165) is 0 Å². The number of hydrogen-bond donors (Lipinski definition) is 4. The van der Waals surface area contributed by atoms with Gasteiger partial charge in [-0.2, -0.15) is 5.90 Å². The second-order valence-corrected chi connectivity index (χ2v) is 6.32. The van der Waals surface area contributed by atoms with Crippen molar-refractivity contribution in [3.63, 3.8) is 0 Å². The third kappa shape index (κ3) is 4.41. The van der Waals surface area contributed by atoms with E-state index < -0.39 is 17.3 Å². The number of primary amides is 1. The Morgan fingerprint density at radius 2 is 1.46 bits per heavy atom. The number of rotatable bonds is 9. The molecule has 8 heteroatoms. The van der Waals surface area contributed by atoms with Crippen molar-refractivity contribution < 1.29 is 19.2 Å². The number of amides is 1. The molecule has 0 fully saturated rings. The molecule has 0 heterocycles. The first-order valence-corrected chi connectivity index (χ1v) is 8.53. The van der Waals surface area contributed by atoms with Crippen molar-refractivity contribution in [2.45, 2.75) is 24.7 Å². The molecule has 1 amide bonds. The number of nitrogens with two attached hydrogens (primary N) is 3. The average molecular weight is 382 g/mol. The first-order valence-electron chi connectivity index (χ1n) is 8.53. The van der Waals surface area contributed by atoms with Crippen molar-refractivity contribution in [3.8, 4) is 0 Å². The molecule has 0 saturated carbocycles. The van der Waals surface area contributed by atoms with Gasteiger partial charge in [0, 0.05) is 18.4 Å². The normalized spacial score (nSPS) is 12.6. The fourth-order valence-electron chi connectivity index (χ4n) is 3.16. The number of nitrogens with one attached hydrogen (secondary N) is 1. The number of carbonyl (C=O) groups is 3. The Kier molecular flexibility index (Phi) is 6.62. The molecule has 0 bridgehead atoms. The Labute approximate surface area is 162 Å². The molecular formula is C20H22N4O4. The van der Waals surface area contributed by atoms with Crippen LogP contribution in [0.25, 0.3) is 0 Å². The maximum atomic E-state index is 13.3. The molecule has 0 radical (unpaired) electrons. The third-order valence-corrected chi connectivity index (χ3v) is 4.57. The maximum Gasteiger partial charge on any atom is 0.326 e. The van der Waals surface area contributed by atoms with Gasteiger partial charge < -0.3 is 16.3 Å². The molecule has 7 N–H and O–H groups in total. The number of carbonyl (C=O) groups excluding carboxylic acids is 3. The van der Waals surface area contributed by atoms with Crippen LogP contribution in [-0.4, -0.2) is 23.5 Å². The van der Waals surface area contributed by atoms with Gasteiger partial charge in [0.2, 0.25) is 5.91 Å². The van der Waals surface area contributed by atoms with Crippen molar-refractivity contribution in [1.29, 1.82) is 5.41 Å². The molecule has 0 aliphatic rings. The van der Waals surface area contributed by atoms with Crippen molar-refractivity contribution in [2.24, 2.45) is 17.4 Å². The zero-order valence-corrected chi connectivity index (χ0v) is 15.2. The monoisotopic (exact) mass is 382 g/mol. The zero-order valence-electron chi connectivity index (χ0n) is 15.2. The van der Waals surface area contributed by atoms with Gasteiger partial charge in [0.05, 0.1) is 11.8 Å². The number of nitrogen functional groups attached to an aromatic ring is 1.